The second-order valence-electron chi connectivity index (χ2n) is 6.61. The van der Waals surface area contributed by atoms with E-state index < -0.39 is 0 Å². The molecule has 0 N–H and O–H groups in total. The minimum Gasteiger partial charge on any atom is -0.467 e. The Labute approximate surface area is 129 Å². The Morgan fingerprint density at radius 1 is 1.24 bits per heavy atom. The molecule has 0 bridgehead atoms. The number of hydrogen-bond acceptors (Lipinski definition) is 2. The Bertz CT molecular complexity index is 486. The van der Waals surface area contributed by atoms with E-state index in [2.05, 4.69) is 58.0 Å². The maximum Gasteiger partial charge on any atom is 0.125 e. The van der Waals surface area contributed by atoms with Gasteiger partial charge in [0.2, 0.25) is 0 Å². The van der Waals surface area contributed by atoms with Crippen LogP contribution in [0.3, 0.4) is 0 Å². The lowest BCUT2D eigenvalue weighted by Gasteiger charge is -2.17. The Balaban J connectivity index is 2.40. The molecule has 116 valence electrons. The third-order valence-electron chi connectivity index (χ3n) is 3.34. The highest BCUT2D eigenvalue weighted by atomic mass is 16.3. The average molecular weight is 287 g/mol. The molecular weight excluding hydrogens is 258 g/mol. The Kier molecular flexibility index (Phi) is 7.21. The molecule has 21 heavy (non-hydrogen) atoms. The summed E-state index contributed by atoms with van der Waals surface area (Å²) < 4.78 is 5.28. The van der Waals surface area contributed by atoms with Gasteiger partial charge in [0.25, 0.3) is 0 Å². The highest BCUT2D eigenvalue weighted by Crippen LogP contribution is 2.21. The van der Waals surface area contributed by atoms with E-state index in [9.17, 15) is 0 Å². The molecule has 1 aromatic heterocycles. The van der Waals surface area contributed by atoms with Crippen molar-refractivity contribution < 1.29 is 4.42 Å². The molecule has 0 spiro atoms. The van der Waals surface area contributed by atoms with Crippen LogP contribution in [0.2, 0.25) is 0 Å². The van der Waals surface area contributed by atoms with Crippen molar-refractivity contribution in [3.05, 3.63) is 47.5 Å². The zero-order valence-corrected chi connectivity index (χ0v) is 14.1. The molecule has 0 aliphatic heterocycles. The zero-order valence-electron chi connectivity index (χ0n) is 14.1. The van der Waals surface area contributed by atoms with Crippen LogP contribution < -0.4 is 0 Å². The minimum absolute atomic E-state index is 0.0877. The molecule has 0 fully saturated rings. The molecule has 2 nitrogen and oxygen atoms in total. The lowest BCUT2D eigenvalue weighted by Crippen LogP contribution is -2.12. The van der Waals surface area contributed by atoms with E-state index >= 15 is 0 Å². The van der Waals surface area contributed by atoms with Crippen LogP contribution in [0.4, 0.5) is 0 Å². The molecule has 0 saturated carbocycles. The third-order valence-corrected chi connectivity index (χ3v) is 3.34. The second kappa shape index (κ2) is 8.66. The molecule has 1 heterocycles. The van der Waals surface area contributed by atoms with Crippen LogP contribution in [0.25, 0.3) is 0 Å². The van der Waals surface area contributed by atoms with Crippen LogP contribution in [0.15, 0.2) is 51.1 Å². The number of nitrogens with zero attached hydrogens (tertiary/aromatic N) is 1. The summed E-state index contributed by atoms with van der Waals surface area (Å²) in [5, 5.41) is 0. The van der Waals surface area contributed by atoms with Gasteiger partial charge in [0.05, 0.1) is 12.8 Å². The minimum atomic E-state index is 0.0877. The fraction of sp³-hybridized carbons (Fsp3) is 0.526. The highest BCUT2D eigenvalue weighted by molar-refractivity contribution is 5.64. The van der Waals surface area contributed by atoms with E-state index in [1.165, 1.54) is 11.1 Å². The quantitative estimate of drug-likeness (QED) is 0.428. The monoisotopic (exact) mass is 287 g/mol. The first kappa shape index (κ1) is 17.5. The van der Waals surface area contributed by atoms with Crippen molar-refractivity contribution in [3.8, 4) is 0 Å². The largest absolute Gasteiger partial charge is 0.467 e. The smallest absolute Gasteiger partial charge is 0.125 e. The molecule has 0 aliphatic rings. The first-order chi connectivity index (χ1) is 9.89. The maximum atomic E-state index is 5.28. The summed E-state index contributed by atoms with van der Waals surface area (Å²) in [6.45, 7) is 11.6. The normalized spacial score (nSPS) is 12.9. The van der Waals surface area contributed by atoms with Gasteiger partial charge in [-0.05, 0) is 52.2 Å². The highest BCUT2D eigenvalue weighted by Gasteiger charge is 2.13. The van der Waals surface area contributed by atoms with Gasteiger partial charge in [0, 0.05) is 11.6 Å². The van der Waals surface area contributed by atoms with Gasteiger partial charge in [0.1, 0.15) is 5.76 Å². The molecular formula is C19H29NO. The van der Waals surface area contributed by atoms with Gasteiger partial charge in [-0.2, -0.15) is 0 Å². The molecule has 0 amide bonds. The van der Waals surface area contributed by atoms with Crippen LogP contribution in [-0.4, -0.2) is 6.21 Å². The summed E-state index contributed by atoms with van der Waals surface area (Å²) in [5.74, 6) is 0.912. The van der Waals surface area contributed by atoms with Gasteiger partial charge >= 0.3 is 0 Å². The van der Waals surface area contributed by atoms with Gasteiger partial charge in [-0.15, -0.1) is 0 Å². The van der Waals surface area contributed by atoms with E-state index in [1.54, 1.807) is 6.26 Å². The Morgan fingerprint density at radius 2 is 2.00 bits per heavy atom. The van der Waals surface area contributed by atoms with E-state index in [0.29, 0.717) is 6.54 Å². The Morgan fingerprint density at radius 3 is 2.62 bits per heavy atom. The van der Waals surface area contributed by atoms with Crippen LogP contribution >= 0.6 is 0 Å². The number of hydrogen-bond donors (Lipinski definition) is 0. The van der Waals surface area contributed by atoms with Crippen molar-refractivity contribution in [1.29, 1.82) is 0 Å². The van der Waals surface area contributed by atoms with Crippen molar-refractivity contribution in [3.63, 3.8) is 0 Å². The number of aliphatic imine (C=N–C) groups is 1. The van der Waals surface area contributed by atoms with E-state index in [-0.39, 0.29) is 5.41 Å². The Hall–Kier alpha value is -1.57. The van der Waals surface area contributed by atoms with Crippen molar-refractivity contribution in [2.45, 2.75) is 60.4 Å². The molecule has 2 heteroatoms. The van der Waals surface area contributed by atoms with Crippen LogP contribution in [0, 0.1) is 5.41 Å². The standard InChI is InChI=1S/C19H29NO/c1-16(2)8-6-9-17(3)11-12-19(4,5)15-20-14-18-10-7-13-21-18/h7-8,10-11,13,15H,6,9,12,14H2,1-5H3/b17-11+,20-15?. The lowest BCUT2D eigenvalue weighted by molar-refractivity contribution is 0.507. The van der Waals surface area contributed by atoms with Crippen molar-refractivity contribution in [1.82, 2.24) is 0 Å². The number of allylic oxidation sites excluding steroid dienone is 4. The maximum absolute atomic E-state index is 5.28. The molecule has 0 radical (unpaired) electrons. The SMILES string of the molecule is CC(C)=CCC/C(C)=C/CC(C)(C)C=NCc1ccco1. The summed E-state index contributed by atoms with van der Waals surface area (Å²) in [7, 11) is 0. The van der Waals surface area contributed by atoms with Gasteiger partial charge in [-0.1, -0.05) is 37.1 Å². The van der Waals surface area contributed by atoms with Crippen molar-refractivity contribution >= 4 is 6.21 Å². The molecule has 0 aliphatic carbocycles. The topological polar surface area (TPSA) is 25.5 Å². The molecule has 1 aromatic rings. The molecule has 0 saturated heterocycles. The summed E-state index contributed by atoms with van der Waals surface area (Å²) in [6.07, 6.45) is 11.7. The van der Waals surface area contributed by atoms with Crippen LogP contribution in [0.1, 0.15) is 59.6 Å². The second-order valence-corrected chi connectivity index (χ2v) is 6.61. The first-order valence-corrected chi connectivity index (χ1v) is 7.71. The molecule has 0 unspecified atom stereocenters. The molecule has 0 aromatic carbocycles. The van der Waals surface area contributed by atoms with Gasteiger partial charge in [-0.25, -0.2) is 0 Å². The van der Waals surface area contributed by atoms with E-state index in [4.69, 9.17) is 4.42 Å². The number of rotatable bonds is 8. The lowest BCUT2D eigenvalue weighted by atomic mass is 9.89. The van der Waals surface area contributed by atoms with Crippen molar-refractivity contribution in [2.24, 2.45) is 10.4 Å². The summed E-state index contributed by atoms with van der Waals surface area (Å²) in [4.78, 5) is 4.49. The number of furan rings is 1. The fourth-order valence-corrected chi connectivity index (χ4v) is 1.97. The van der Waals surface area contributed by atoms with Gasteiger partial charge < -0.3 is 4.42 Å². The predicted molar refractivity (Wildman–Crippen MR) is 91.7 cm³/mol. The fourth-order valence-electron chi connectivity index (χ4n) is 1.97. The average Bonchev–Trinajstić information content (AvgIpc) is 2.89. The van der Waals surface area contributed by atoms with Crippen LogP contribution in [0.5, 0.6) is 0 Å². The zero-order chi connectivity index (χ0) is 15.7. The van der Waals surface area contributed by atoms with Gasteiger partial charge in [-0.3, -0.25) is 4.99 Å². The van der Waals surface area contributed by atoms with Crippen molar-refractivity contribution in [2.75, 3.05) is 0 Å². The van der Waals surface area contributed by atoms with E-state index in [1.807, 2.05) is 12.1 Å². The molecule has 1 rings (SSSR count). The predicted octanol–water partition coefficient (Wildman–Crippen LogP) is 5.96. The summed E-state index contributed by atoms with van der Waals surface area (Å²) >= 11 is 0. The summed E-state index contributed by atoms with van der Waals surface area (Å²) in [6, 6.07) is 3.85. The summed E-state index contributed by atoms with van der Waals surface area (Å²) in [5.41, 5.74) is 2.94. The van der Waals surface area contributed by atoms with Gasteiger partial charge in [0.15, 0.2) is 0 Å². The third kappa shape index (κ3) is 8.34. The van der Waals surface area contributed by atoms with E-state index in [0.717, 1.165) is 25.0 Å². The first-order valence-electron chi connectivity index (χ1n) is 7.71. The van der Waals surface area contributed by atoms with Crippen LogP contribution in [-0.2, 0) is 6.54 Å². The molecule has 0 atom stereocenters.